The van der Waals surface area contributed by atoms with E-state index in [9.17, 15) is 32.9 Å². The molecule has 0 unspecified atom stereocenters. The monoisotopic (exact) mass is 422 g/mol. The molecule has 2 aromatic carbocycles. The standard InChI is InChI=1S/C19H17F3N4O4/c20-19(21,22)14-6-7-15(16(9-14)26(29)30)23-24-18(28)13-8-17(27)25(11-13)10-12-4-2-1-3-5-12/h1-7,9,13,23H,8,10-11H2,(H,24,28)/t13-/m0/s1. The molecular weight excluding hydrogens is 405 g/mol. The number of anilines is 1. The average Bonchev–Trinajstić information content (AvgIpc) is 3.06. The van der Waals surface area contributed by atoms with Crippen molar-refractivity contribution in [2.24, 2.45) is 5.92 Å². The number of carbonyl (C=O) groups is 2. The lowest BCUT2D eigenvalue weighted by atomic mass is 10.1. The van der Waals surface area contributed by atoms with Crippen molar-refractivity contribution >= 4 is 23.2 Å². The number of nitrogens with one attached hydrogen (secondary N) is 2. The summed E-state index contributed by atoms with van der Waals surface area (Å²) in [5.74, 6) is -1.49. The molecule has 2 amide bonds. The minimum Gasteiger partial charge on any atom is -0.338 e. The van der Waals surface area contributed by atoms with Crippen LogP contribution in [0.2, 0.25) is 0 Å². The molecule has 30 heavy (non-hydrogen) atoms. The third-order valence-electron chi connectivity index (χ3n) is 4.64. The van der Waals surface area contributed by atoms with Crippen molar-refractivity contribution in [1.29, 1.82) is 0 Å². The Morgan fingerprint density at radius 2 is 1.90 bits per heavy atom. The summed E-state index contributed by atoms with van der Waals surface area (Å²) >= 11 is 0. The Balaban J connectivity index is 1.63. The van der Waals surface area contributed by atoms with Crippen LogP contribution in [0.4, 0.5) is 24.5 Å². The molecule has 0 bridgehead atoms. The second-order valence-electron chi connectivity index (χ2n) is 6.76. The molecule has 1 saturated heterocycles. The summed E-state index contributed by atoms with van der Waals surface area (Å²) in [6.45, 7) is 0.512. The molecule has 8 nitrogen and oxygen atoms in total. The lowest BCUT2D eigenvalue weighted by Gasteiger charge is -2.17. The lowest BCUT2D eigenvalue weighted by molar-refractivity contribution is -0.384. The van der Waals surface area contributed by atoms with Crippen molar-refractivity contribution in [2.45, 2.75) is 19.1 Å². The summed E-state index contributed by atoms with van der Waals surface area (Å²) in [6, 6.07) is 11.1. The van der Waals surface area contributed by atoms with Crippen molar-refractivity contribution in [3.05, 3.63) is 69.8 Å². The first-order valence-corrected chi connectivity index (χ1v) is 8.88. The SMILES string of the molecule is O=C(NNc1ccc(C(F)(F)F)cc1[N+](=O)[O-])[C@H]1CC(=O)N(Cc2ccccc2)C1. The van der Waals surface area contributed by atoms with Crippen LogP contribution in [-0.2, 0) is 22.3 Å². The number of amides is 2. The van der Waals surface area contributed by atoms with E-state index >= 15 is 0 Å². The van der Waals surface area contributed by atoms with Crippen LogP contribution in [0.15, 0.2) is 48.5 Å². The maximum atomic E-state index is 12.8. The van der Waals surface area contributed by atoms with Crippen LogP contribution in [0.5, 0.6) is 0 Å². The number of rotatable bonds is 6. The number of nitrogens with zero attached hydrogens (tertiary/aromatic N) is 2. The fourth-order valence-corrected chi connectivity index (χ4v) is 3.10. The van der Waals surface area contributed by atoms with Crippen LogP contribution >= 0.6 is 0 Å². The van der Waals surface area contributed by atoms with E-state index in [1.807, 2.05) is 30.3 Å². The third kappa shape index (κ3) is 4.85. The molecule has 0 spiro atoms. The largest absolute Gasteiger partial charge is 0.416 e. The first kappa shape index (κ1) is 21.1. The van der Waals surface area contributed by atoms with E-state index in [2.05, 4.69) is 10.9 Å². The van der Waals surface area contributed by atoms with Crippen LogP contribution in [0.1, 0.15) is 17.5 Å². The van der Waals surface area contributed by atoms with E-state index in [4.69, 9.17) is 0 Å². The number of hydrazine groups is 1. The van der Waals surface area contributed by atoms with Gasteiger partial charge < -0.3 is 4.90 Å². The van der Waals surface area contributed by atoms with Crippen LogP contribution in [0.25, 0.3) is 0 Å². The molecule has 1 heterocycles. The average molecular weight is 422 g/mol. The molecule has 0 saturated carbocycles. The van der Waals surface area contributed by atoms with Crippen LogP contribution in [0, 0.1) is 16.0 Å². The Labute approximate surface area is 168 Å². The quantitative estimate of drug-likeness (QED) is 0.550. The van der Waals surface area contributed by atoms with E-state index in [0.29, 0.717) is 18.7 Å². The van der Waals surface area contributed by atoms with Gasteiger partial charge in [0.2, 0.25) is 11.8 Å². The van der Waals surface area contributed by atoms with Gasteiger partial charge in [0, 0.05) is 25.6 Å². The third-order valence-corrected chi connectivity index (χ3v) is 4.64. The predicted octanol–water partition coefficient (Wildman–Crippen LogP) is 3.11. The molecule has 1 aliphatic heterocycles. The molecule has 2 aromatic rings. The number of benzene rings is 2. The van der Waals surface area contributed by atoms with Gasteiger partial charge in [-0.3, -0.25) is 30.6 Å². The second-order valence-corrected chi connectivity index (χ2v) is 6.76. The topological polar surface area (TPSA) is 105 Å². The Morgan fingerprint density at radius 3 is 2.53 bits per heavy atom. The highest BCUT2D eigenvalue weighted by Crippen LogP contribution is 2.34. The van der Waals surface area contributed by atoms with Crippen molar-refractivity contribution < 1.29 is 27.7 Å². The first-order valence-electron chi connectivity index (χ1n) is 8.88. The maximum Gasteiger partial charge on any atom is 0.416 e. The van der Waals surface area contributed by atoms with Gasteiger partial charge in [-0.1, -0.05) is 30.3 Å². The fourth-order valence-electron chi connectivity index (χ4n) is 3.10. The fraction of sp³-hybridized carbons (Fsp3) is 0.263. The zero-order valence-corrected chi connectivity index (χ0v) is 15.5. The van der Waals surface area contributed by atoms with E-state index in [1.54, 1.807) is 0 Å². The van der Waals surface area contributed by atoms with Gasteiger partial charge in [0.1, 0.15) is 5.69 Å². The minimum absolute atomic E-state index is 0.0323. The van der Waals surface area contributed by atoms with Gasteiger partial charge in [0.05, 0.1) is 16.4 Å². The summed E-state index contributed by atoms with van der Waals surface area (Å²) in [6.07, 6.45) is -4.77. The number of carbonyl (C=O) groups excluding carboxylic acids is 2. The molecule has 0 aromatic heterocycles. The Kier molecular flexibility index (Phi) is 5.90. The van der Waals surface area contributed by atoms with Gasteiger partial charge in [-0.05, 0) is 17.7 Å². The Hall–Kier alpha value is -3.63. The normalized spacial score (nSPS) is 16.4. The van der Waals surface area contributed by atoms with Gasteiger partial charge in [0.15, 0.2) is 0 Å². The van der Waals surface area contributed by atoms with Gasteiger partial charge in [-0.15, -0.1) is 0 Å². The minimum atomic E-state index is -4.74. The van der Waals surface area contributed by atoms with Crippen molar-refractivity contribution in [3.63, 3.8) is 0 Å². The number of nitro benzene ring substituents is 1. The number of likely N-dealkylation sites (tertiary alicyclic amines) is 1. The molecule has 11 heteroatoms. The highest BCUT2D eigenvalue weighted by atomic mass is 19.4. The maximum absolute atomic E-state index is 12.8. The summed E-state index contributed by atoms with van der Waals surface area (Å²) < 4.78 is 38.3. The predicted molar refractivity (Wildman–Crippen MR) is 99.8 cm³/mol. The zero-order valence-electron chi connectivity index (χ0n) is 15.5. The molecule has 3 rings (SSSR count). The molecular formula is C19H17F3N4O4. The van der Waals surface area contributed by atoms with Crippen molar-refractivity contribution in [3.8, 4) is 0 Å². The van der Waals surface area contributed by atoms with Crippen LogP contribution in [0.3, 0.4) is 0 Å². The number of nitro groups is 1. The molecule has 1 aliphatic rings. The number of halogens is 3. The molecule has 0 radical (unpaired) electrons. The smallest absolute Gasteiger partial charge is 0.338 e. The van der Waals surface area contributed by atoms with Crippen molar-refractivity contribution in [2.75, 3.05) is 12.0 Å². The number of hydrogen-bond acceptors (Lipinski definition) is 5. The van der Waals surface area contributed by atoms with E-state index < -0.39 is 34.2 Å². The highest BCUT2D eigenvalue weighted by molar-refractivity contribution is 5.90. The van der Waals surface area contributed by atoms with Gasteiger partial charge >= 0.3 is 6.18 Å². The summed E-state index contributed by atoms with van der Waals surface area (Å²) in [4.78, 5) is 36.2. The molecule has 0 aliphatic carbocycles. The second kappa shape index (κ2) is 8.39. The Morgan fingerprint density at radius 1 is 1.20 bits per heavy atom. The Bertz CT molecular complexity index is 966. The highest BCUT2D eigenvalue weighted by Gasteiger charge is 2.35. The van der Waals surface area contributed by atoms with E-state index in [-0.39, 0.29) is 24.6 Å². The van der Waals surface area contributed by atoms with Crippen molar-refractivity contribution in [1.82, 2.24) is 10.3 Å². The molecule has 2 N–H and O–H groups in total. The van der Waals surface area contributed by atoms with E-state index in [1.165, 1.54) is 4.90 Å². The van der Waals surface area contributed by atoms with Gasteiger partial charge in [0.25, 0.3) is 5.69 Å². The van der Waals surface area contributed by atoms with Gasteiger partial charge in [-0.25, -0.2) is 0 Å². The first-order chi connectivity index (χ1) is 14.1. The number of alkyl halides is 3. The van der Waals surface area contributed by atoms with Crippen LogP contribution < -0.4 is 10.9 Å². The molecule has 158 valence electrons. The molecule has 1 atom stereocenters. The summed E-state index contributed by atoms with van der Waals surface area (Å²) in [5.41, 5.74) is 3.13. The number of hydrogen-bond donors (Lipinski definition) is 2. The van der Waals surface area contributed by atoms with Crippen LogP contribution in [-0.4, -0.2) is 28.2 Å². The summed E-state index contributed by atoms with van der Waals surface area (Å²) in [7, 11) is 0. The van der Waals surface area contributed by atoms with Gasteiger partial charge in [-0.2, -0.15) is 13.2 Å². The zero-order chi connectivity index (χ0) is 21.9. The summed E-state index contributed by atoms with van der Waals surface area (Å²) in [5, 5.41) is 11.1. The lowest BCUT2D eigenvalue weighted by Crippen LogP contribution is -2.36. The van der Waals surface area contributed by atoms with E-state index in [0.717, 1.165) is 11.6 Å². The molecule has 1 fully saturated rings.